The number of halogens is 1. The van der Waals surface area contributed by atoms with Gasteiger partial charge in [0, 0.05) is 36.9 Å². The Morgan fingerprint density at radius 1 is 1.00 bits per heavy atom. The van der Waals surface area contributed by atoms with Gasteiger partial charge < -0.3 is 5.32 Å². The number of carbonyl (C=O) groups excluding carboxylic acids is 1. The minimum absolute atomic E-state index is 0.0316. The molecule has 27 heavy (non-hydrogen) atoms. The van der Waals surface area contributed by atoms with E-state index in [-0.39, 0.29) is 11.4 Å². The van der Waals surface area contributed by atoms with Gasteiger partial charge in [-0.3, -0.25) is 14.8 Å². The predicted molar refractivity (Wildman–Crippen MR) is 97.1 cm³/mol. The van der Waals surface area contributed by atoms with Gasteiger partial charge in [0.15, 0.2) is 9.84 Å². The summed E-state index contributed by atoms with van der Waals surface area (Å²) in [6.45, 7) is -0.160. The number of carbonyl (C=O) groups is 1. The molecule has 0 saturated heterocycles. The van der Waals surface area contributed by atoms with E-state index in [9.17, 15) is 17.6 Å². The van der Waals surface area contributed by atoms with Crippen LogP contribution in [0, 0.1) is 5.82 Å². The van der Waals surface area contributed by atoms with Gasteiger partial charge in [0.2, 0.25) is 0 Å². The van der Waals surface area contributed by atoms with E-state index in [0.717, 1.165) is 12.1 Å². The lowest BCUT2D eigenvalue weighted by molar-refractivity contribution is 0.0953. The Labute approximate surface area is 156 Å². The third-order valence-electron chi connectivity index (χ3n) is 3.96. The summed E-state index contributed by atoms with van der Waals surface area (Å²) in [4.78, 5) is 20.1. The molecule has 0 unspecified atom stereocenters. The summed E-state index contributed by atoms with van der Waals surface area (Å²) in [5, 5.41) is 1.57. The van der Waals surface area contributed by atoms with Gasteiger partial charge in [-0.25, -0.2) is 12.8 Å². The molecule has 0 bridgehead atoms. The van der Waals surface area contributed by atoms with Crippen LogP contribution in [0.25, 0.3) is 0 Å². The van der Waals surface area contributed by atoms with Gasteiger partial charge in [-0.2, -0.15) is 0 Å². The van der Waals surface area contributed by atoms with Crippen LogP contribution in [0.2, 0.25) is 0 Å². The molecule has 1 amide bonds. The summed E-state index contributed by atoms with van der Waals surface area (Å²) in [5.74, 6) is -0.946. The van der Waals surface area contributed by atoms with Crippen LogP contribution < -0.4 is 5.32 Å². The van der Waals surface area contributed by atoms with E-state index in [1.54, 1.807) is 12.1 Å². The summed E-state index contributed by atoms with van der Waals surface area (Å²) < 4.78 is 39.3. The summed E-state index contributed by atoms with van der Waals surface area (Å²) in [6, 6.07) is 10.9. The first kappa shape index (κ1) is 18.7. The molecule has 0 saturated carbocycles. The quantitative estimate of drug-likeness (QED) is 0.659. The van der Waals surface area contributed by atoms with Crippen LogP contribution >= 0.6 is 0 Å². The zero-order valence-electron chi connectivity index (χ0n) is 14.1. The third-order valence-corrected chi connectivity index (χ3v) is 6.08. The number of hydrogen-bond donors (Lipinski definition) is 1. The lowest BCUT2D eigenvalue weighted by Gasteiger charge is -2.19. The van der Waals surface area contributed by atoms with Crippen molar-refractivity contribution in [3.63, 3.8) is 0 Å². The largest absolute Gasteiger partial charge is 0.350 e. The van der Waals surface area contributed by atoms with Crippen molar-refractivity contribution in [2.24, 2.45) is 0 Å². The smallest absolute Gasteiger partial charge is 0.251 e. The summed E-state index contributed by atoms with van der Waals surface area (Å²) >= 11 is 0. The normalized spacial score (nSPS) is 12.3. The van der Waals surface area contributed by atoms with E-state index in [1.807, 2.05) is 0 Å². The molecule has 1 atom stereocenters. The van der Waals surface area contributed by atoms with Gasteiger partial charge in [-0.15, -0.1) is 0 Å². The molecule has 1 N–H and O–H groups in total. The van der Waals surface area contributed by atoms with Crippen molar-refractivity contribution < 1.29 is 17.6 Å². The Morgan fingerprint density at radius 2 is 1.70 bits per heavy atom. The molecule has 138 valence electrons. The molecule has 0 spiro atoms. The maximum Gasteiger partial charge on any atom is 0.251 e. The number of pyridine rings is 2. The van der Waals surface area contributed by atoms with E-state index < -0.39 is 26.8 Å². The number of benzene rings is 1. The molecular formula is C19H16FN3O3S. The number of aromatic nitrogens is 2. The molecule has 3 aromatic rings. The van der Waals surface area contributed by atoms with Gasteiger partial charge in [0.25, 0.3) is 5.91 Å². The number of rotatable bonds is 6. The van der Waals surface area contributed by atoms with Crippen molar-refractivity contribution in [1.82, 2.24) is 15.3 Å². The highest BCUT2D eigenvalue weighted by atomic mass is 32.2. The third kappa shape index (κ3) is 4.35. The van der Waals surface area contributed by atoms with Crippen LogP contribution in [0.15, 0.2) is 78.2 Å². The zero-order chi connectivity index (χ0) is 19.3. The summed E-state index contributed by atoms with van der Waals surface area (Å²) in [5.41, 5.74) is 0.797. The first-order valence-corrected chi connectivity index (χ1v) is 9.61. The Hall–Kier alpha value is -3.13. The first-order valence-electron chi connectivity index (χ1n) is 8.06. The van der Waals surface area contributed by atoms with Gasteiger partial charge in [-0.1, -0.05) is 6.07 Å². The monoisotopic (exact) mass is 385 g/mol. The van der Waals surface area contributed by atoms with Crippen molar-refractivity contribution in [3.8, 4) is 0 Å². The second kappa shape index (κ2) is 8.05. The Kier molecular flexibility index (Phi) is 5.56. The molecule has 1 aromatic carbocycles. The molecule has 3 rings (SSSR count). The predicted octanol–water partition coefficient (Wildman–Crippen LogP) is 2.56. The molecule has 0 aliphatic carbocycles. The van der Waals surface area contributed by atoms with E-state index in [4.69, 9.17) is 0 Å². The maximum absolute atomic E-state index is 13.2. The van der Waals surface area contributed by atoms with Crippen molar-refractivity contribution in [3.05, 3.63) is 90.3 Å². The summed E-state index contributed by atoms with van der Waals surface area (Å²) in [7, 11) is -3.88. The highest BCUT2D eigenvalue weighted by Crippen LogP contribution is 2.28. The molecule has 2 heterocycles. The van der Waals surface area contributed by atoms with Crippen LogP contribution in [0.4, 0.5) is 4.39 Å². The number of sulfone groups is 1. The molecule has 0 aliphatic heterocycles. The molecule has 0 fully saturated rings. The topological polar surface area (TPSA) is 89.0 Å². The standard InChI is InChI=1S/C19H16FN3O3S/c20-16-3-5-17(6-4-16)27(25,26)18(15-2-1-9-22-12-15)13-23-19(24)14-7-10-21-11-8-14/h1-12,18H,13H2,(H,23,24)/t18-/m1/s1. The van der Waals surface area contributed by atoms with Gasteiger partial charge in [0.05, 0.1) is 4.90 Å². The Morgan fingerprint density at radius 3 is 2.33 bits per heavy atom. The lowest BCUT2D eigenvalue weighted by atomic mass is 10.2. The molecule has 6 nitrogen and oxygen atoms in total. The second-order valence-corrected chi connectivity index (χ2v) is 7.85. The fourth-order valence-electron chi connectivity index (χ4n) is 2.55. The fraction of sp³-hybridized carbons (Fsp3) is 0.105. The average Bonchev–Trinajstić information content (AvgIpc) is 2.69. The van der Waals surface area contributed by atoms with Crippen molar-refractivity contribution in [1.29, 1.82) is 0 Å². The summed E-state index contributed by atoms with van der Waals surface area (Å²) in [6.07, 6.45) is 5.91. The van der Waals surface area contributed by atoms with Crippen LogP contribution in [0.3, 0.4) is 0 Å². The number of nitrogens with zero attached hydrogens (tertiary/aromatic N) is 2. The number of hydrogen-bond acceptors (Lipinski definition) is 5. The van der Waals surface area contributed by atoms with Crippen molar-refractivity contribution in [2.75, 3.05) is 6.54 Å². The maximum atomic E-state index is 13.2. The van der Waals surface area contributed by atoms with Crippen molar-refractivity contribution >= 4 is 15.7 Å². The minimum atomic E-state index is -3.88. The average molecular weight is 385 g/mol. The van der Waals surface area contributed by atoms with E-state index in [1.165, 1.54) is 49.1 Å². The number of nitrogens with one attached hydrogen (secondary N) is 1. The molecule has 2 aromatic heterocycles. The Bertz CT molecular complexity index is 1010. The molecule has 8 heteroatoms. The molecular weight excluding hydrogens is 369 g/mol. The molecule has 0 aliphatic rings. The zero-order valence-corrected chi connectivity index (χ0v) is 14.9. The van der Waals surface area contributed by atoms with Gasteiger partial charge in [-0.05, 0) is 48.0 Å². The van der Waals surface area contributed by atoms with Crippen molar-refractivity contribution in [2.45, 2.75) is 10.1 Å². The molecule has 0 radical (unpaired) electrons. The van der Waals surface area contributed by atoms with Crippen LogP contribution in [-0.4, -0.2) is 30.8 Å². The highest BCUT2D eigenvalue weighted by Gasteiger charge is 2.30. The van der Waals surface area contributed by atoms with E-state index in [0.29, 0.717) is 11.1 Å². The second-order valence-electron chi connectivity index (χ2n) is 5.72. The number of amides is 1. The van der Waals surface area contributed by atoms with Gasteiger partial charge in [0.1, 0.15) is 11.1 Å². The van der Waals surface area contributed by atoms with Gasteiger partial charge >= 0.3 is 0 Å². The minimum Gasteiger partial charge on any atom is -0.350 e. The van der Waals surface area contributed by atoms with E-state index >= 15 is 0 Å². The SMILES string of the molecule is O=C(NC[C@H](c1cccnc1)S(=O)(=O)c1ccc(F)cc1)c1ccncc1. The lowest BCUT2D eigenvalue weighted by Crippen LogP contribution is -2.32. The first-order chi connectivity index (χ1) is 13.0. The van der Waals surface area contributed by atoms with Crippen LogP contribution in [-0.2, 0) is 9.84 Å². The Balaban J connectivity index is 1.90. The van der Waals surface area contributed by atoms with E-state index in [2.05, 4.69) is 15.3 Å². The van der Waals surface area contributed by atoms with Crippen LogP contribution in [0.5, 0.6) is 0 Å². The highest BCUT2D eigenvalue weighted by molar-refractivity contribution is 7.91. The fourth-order valence-corrected chi connectivity index (χ4v) is 4.20. The van der Waals surface area contributed by atoms with Crippen LogP contribution in [0.1, 0.15) is 21.2 Å².